The maximum Gasteiger partial charge on any atom is 0.122 e. The molecule has 1 heterocycles. The summed E-state index contributed by atoms with van der Waals surface area (Å²) in [6, 6.07) is 7.32. The molecule has 1 aromatic carbocycles. The largest absolute Gasteiger partial charge is 0.493 e. The molecule has 0 aromatic heterocycles. The molecule has 86 valence electrons. The predicted molar refractivity (Wildman–Crippen MR) is 64.9 cm³/mol. The summed E-state index contributed by atoms with van der Waals surface area (Å²) >= 11 is 0. The first-order valence-electron chi connectivity index (χ1n) is 6.09. The highest BCUT2D eigenvalue weighted by Crippen LogP contribution is 2.29. The van der Waals surface area contributed by atoms with Crippen LogP contribution < -0.4 is 15.8 Å². The summed E-state index contributed by atoms with van der Waals surface area (Å²) in [5.41, 5.74) is 8.45. The average molecular weight is 218 g/mol. The fourth-order valence-electron chi connectivity index (χ4n) is 2.66. The van der Waals surface area contributed by atoms with Crippen molar-refractivity contribution in [2.24, 2.45) is 5.73 Å². The lowest BCUT2D eigenvalue weighted by atomic mass is 10.1. The van der Waals surface area contributed by atoms with Gasteiger partial charge in [-0.25, -0.2) is 0 Å². The van der Waals surface area contributed by atoms with Gasteiger partial charge in [0, 0.05) is 24.2 Å². The number of nitrogens with one attached hydrogen (secondary N) is 1. The molecule has 3 N–H and O–H groups in total. The van der Waals surface area contributed by atoms with Crippen LogP contribution in [0.2, 0.25) is 0 Å². The van der Waals surface area contributed by atoms with E-state index in [1.165, 1.54) is 17.7 Å². The number of anilines is 1. The number of benzene rings is 1. The van der Waals surface area contributed by atoms with E-state index in [-0.39, 0.29) is 0 Å². The van der Waals surface area contributed by atoms with Crippen LogP contribution in [-0.4, -0.2) is 18.7 Å². The van der Waals surface area contributed by atoms with E-state index in [9.17, 15) is 0 Å². The summed E-state index contributed by atoms with van der Waals surface area (Å²) in [7, 11) is 0. The molecule has 2 atom stereocenters. The lowest BCUT2D eigenvalue weighted by Gasteiger charge is -2.14. The number of fused-ring (bicyclic) bond motifs is 1. The summed E-state index contributed by atoms with van der Waals surface area (Å²) in [4.78, 5) is 0. The quantitative estimate of drug-likeness (QED) is 0.797. The van der Waals surface area contributed by atoms with E-state index in [0.29, 0.717) is 12.1 Å². The maximum absolute atomic E-state index is 5.91. The summed E-state index contributed by atoms with van der Waals surface area (Å²) in [6.07, 6.45) is 4.46. The van der Waals surface area contributed by atoms with Crippen molar-refractivity contribution in [1.82, 2.24) is 0 Å². The van der Waals surface area contributed by atoms with E-state index < -0.39 is 0 Å². The van der Waals surface area contributed by atoms with Crippen molar-refractivity contribution in [3.05, 3.63) is 23.8 Å². The van der Waals surface area contributed by atoms with Crippen molar-refractivity contribution in [2.75, 3.05) is 11.9 Å². The van der Waals surface area contributed by atoms with Crippen LogP contribution in [-0.2, 0) is 6.42 Å². The number of hydrogen-bond donors (Lipinski definition) is 2. The Morgan fingerprint density at radius 3 is 3.06 bits per heavy atom. The van der Waals surface area contributed by atoms with Gasteiger partial charge in [-0.3, -0.25) is 0 Å². The molecular weight excluding hydrogens is 200 g/mol. The topological polar surface area (TPSA) is 47.3 Å². The molecule has 0 radical (unpaired) electrons. The molecule has 3 nitrogen and oxygen atoms in total. The molecule has 3 heteroatoms. The van der Waals surface area contributed by atoms with Crippen molar-refractivity contribution in [1.29, 1.82) is 0 Å². The van der Waals surface area contributed by atoms with Crippen molar-refractivity contribution < 1.29 is 4.74 Å². The molecule has 1 aliphatic carbocycles. The zero-order valence-corrected chi connectivity index (χ0v) is 9.41. The highest BCUT2D eigenvalue weighted by Gasteiger charge is 2.21. The van der Waals surface area contributed by atoms with Gasteiger partial charge in [0.2, 0.25) is 0 Å². The predicted octanol–water partition coefficient (Wildman–Crippen LogP) is 1.91. The second-order valence-corrected chi connectivity index (χ2v) is 4.84. The molecule has 2 aliphatic rings. The second-order valence-electron chi connectivity index (χ2n) is 4.84. The van der Waals surface area contributed by atoms with Crippen LogP contribution in [0.4, 0.5) is 5.69 Å². The Morgan fingerprint density at radius 1 is 1.31 bits per heavy atom. The van der Waals surface area contributed by atoms with Crippen LogP contribution in [0.5, 0.6) is 5.75 Å². The first kappa shape index (κ1) is 9.97. The number of rotatable bonds is 2. The Hall–Kier alpha value is -1.22. The van der Waals surface area contributed by atoms with Gasteiger partial charge in [-0.2, -0.15) is 0 Å². The van der Waals surface area contributed by atoms with Gasteiger partial charge in [0.1, 0.15) is 5.75 Å². The van der Waals surface area contributed by atoms with E-state index in [1.54, 1.807) is 0 Å². The normalized spacial score (nSPS) is 27.6. The van der Waals surface area contributed by atoms with Gasteiger partial charge >= 0.3 is 0 Å². The van der Waals surface area contributed by atoms with Crippen LogP contribution in [0, 0.1) is 0 Å². The average Bonchev–Trinajstić information content (AvgIpc) is 2.87. The van der Waals surface area contributed by atoms with Crippen molar-refractivity contribution in [2.45, 2.75) is 37.8 Å². The molecule has 2 unspecified atom stereocenters. The van der Waals surface area contributed by atoms with Crippen LogP contribution in [0.25, 0.3) is 0 Å². The zero-order chi connectivity index (χ0) is 11.0. The van der Waals surface area contributed by atoms with E-state index in [2.05, 4.69) is 23.5 Å². The molecule has 0 bridgehead atoms. The van der Waals surface area contributed by atoms with Crippen LogP contribution in [0.15, 0.2) is 18.2 Å². The standard InChI is InChI=1S/C13H18N2O/c14-10-1-2-12(8-10)15-11-3-4-13-9(7-11)5-6-16-13/h3-4,7,10,12,15H,1-2,5-6,8,14H2. The summed E-state index contributed by atoms with van der Waals surface area (Å²) in [5, 5.41) is 3.57. The lowest BCUT2D eigenvalue weighted by Crippen LogP contribution is -2.20. The Kier molecular flexibility index (Phi) is 2.48. The third-order valence-electron chi connectivity index (χ3n) is 3.53. The maximum atomic E-state index is 5.91. The summed E-state index contributed by atoms with van der Waals surface area (Å²) < 4.78 is 5.49. The van der Waals surface area contributed by atoms with Gasteiger partial charge in [-0.15, -0.1) is 0 Å². The summed E-state index contributed by atoms with van der Waals surface area (Å²) in [5.74, 6) is 1.05. The highest BCUT2D eigenvalue weighted by molar-refractivity contribution is 5.53. The summed E-state index contributed by atoms with van der Waals surface area (Å²) in [6.45, 7) is 0.826. The molecule has 0 saturated heterocycles. The third-order valence-corrected chi connectivity index (χ3v) is 3.53. The molecule has 16 heavy (non-hydrogen) atoms. The van der Waals surface area contributed by atoms with E-state index in [4.69, 9.17) is 10.5 Å². The molecule has 1 aliphatic heterocycles. The number of nitrogens with two attached hydrogens (primary N) is 1. The zero-order valence-electron chi connectivity index (χ0n) is 9.41. The molecule has 1 aromatic rings. The minimum atomic E-state index is 0.385. The molecule has 3 rings (SSSR count). The Bertz CT molecular complexity index is 392. The fourth-order valence-corrected chi connectivity index (χ4v) is 2.66. The van der Waals surface area contributed by atoms with Crippen LogP contribution in [0.3, 0.4) is 0 Å². The molecule has 1 fully saturated rings. The number of ether oxygens (including phenoxy) is 1. The first-order chi connectivity index (χ1) is 7.81. The Labute approximate surface area is 96.0 Å². The smallest absolute Gasteiger partial charge is 0.122 e. The van der Waals surface area contributed by atoms with Gasteiger partial charge in [0.05, 0.1) is 6.61 Å². The van der Waals surface area contributed by atoms with E-state index >= 15 is 0 Å². The highest BCUT2D eigenvalue weighted by atomic mass is 16.5. The van der Waals surface area contributed by atoms with Gasteiger partial charge in [-0.05, 0) is 43.0 Å². The molecule has 0 spiro atoms. The SMILES string of the molecule is NC1CCC(Nc2ccc3c(c2)CCO3)C1. The van der Waals surface area contributed by atoms with Crippen LogP contribution in [0.1, 0.15) is 24.8 Å². The van der Waals surface area contributed by atoms with Gasteiger partial charge in [-0.1, -0.05) is 0 Å². The fraction of sp³-hybridized carbons (Fsp3) is 0.538. The van der Waals surface area contributed by atoms with E-state index in [0.717, 1.165) is 31.6 Å². The van der Waals surface area contributed by atoms with Crippen molar-refractivity contribution in [3.8, 4) is 5.75 Å². The minimum Gasteiger partial charge on any atom is -0.493 e. The third kappa shape index (κ3) is 1.87. The lowest BCUT2D eigenvalue weighted by molar-refractivity contribution is 0.357. The van der Waals surface area contributed by atoms with Gasteiger partial charge in [0.25, 0.3) is 0 Å². The minimum absolute atomic E-state index is 0.385. The van der Waals surface area contributed by atoms with Crippen molar-refractivity contribution >= 4 is 5.69 Å². The van der Waals surface area contributed by atoms with Crippen LogP contribution >= 0.6 is 0 Å². The van der Waals surface area contributed by atoms with E-state index in [1.807, 2.05) is 0 Å². The molecule has 1 saturated carbocycles. The Balaban J connectivity index is 1.71. The molecule has 0 amide bonds. The number of hydrogen-bond acceptors (Lipinski definition) is 3. The van der Waals surface area contributed by atoms with Gasteiger partial charge < -0.3 is 15.8 Å². The second kappa shape index (κ2) is 3.98. The first-order valence-corrected chi connectivity index (χ1v) is 6.09. The monoisotopic (exact) mass is 218 g/mol. The Morgan fingerprint density at radius 2 is 2.25 bits per heavy atom. The van der Waals surface area contributed by atoms with Crippen molar-refractivity contribution in [3.63, 3.8) is 0 Å². The van der Waals surface area contributed by atoms with Gasteiger partial charge in [0.15, 0.2) is 0 Å². The molecular formula is C13H18N2O.